The Bertz CT molecular complexity index is 234. The van der Waals surface area contributed by atoms with Crippen LogP contribution in [0.1, 0.15) is 51.9 Å². The van der Waals surface area contributed by atoms with Gasteiger partial charge in [0.05, 0.1) is 0 Å². The lowest BCUT2D eigenvalue weighted by molar-refractivity contribution is 0.377. The molecule has 2 atom stereocenters. The largest absolute Gasteiger partial charge is 0.0845 e. The van der Waals surface area contributed by atoms with Crippen LogP contribution in [-0.2, 0) is 0 Å². The van der Waals surface area contributed by atoms with Gasteiger partial charge in [-0.25, -0.2) is 0 Å². The normalized spacial score (nSPS) is 32.8. The summed E-state index contributed by atoms with van der Waals surface area (Å²) in [7, 11) is 0. The van der Waals surface area contributed by atoms with E-state index in [2.05, 4.69) is 25.2 Å². The van der Waals surface area contributed by atoms with Gasteiger partial charge in [0.1, 0.15) is 0 Å². The average Bonchev–Trinajstić information content (AvgIpc) is 2.61. The first kappa shape index (κ1) is 10.0. The number of allylic oxidation sites excluding steroid dienone is 4. The molecule has 2 aliphatic rings. The molecule has 0 aliphatic heterocycles. The van der Waals surface area contributed by atoms with E-state index in [0.717, 1.165) is 11.8 Å². The molecule has 0 amide bonds. The van der Waals surface area contributed by atoms with E-state index in [4.69, 9.17) is 0 Å². The third kappa shape index (κ3) is 2.10. The first-order chi connectivity index (χ1) is 6.92. The summed E-state index contributed by atoms with van der Waals surface area (Å²) in [6.07, 6.45) is 16.8. The van der Waals surface area contributed by atoms with Crippen LogP contribution in [0.4, 0.5) is 0 Å². The minimum absolute atomic E-state index is 0.933. The minimum Gasteiger partial charge on any atom is -0.0845 e. The van der Waals surface area contributed by atoms with Gasteiger partial charge in [-0.05, 0) is 43.9 Å². The highest BCUT2D eigenvalue weighted by atomic mass is 14.3. The summed E-state index contributed by atoms with van der Waals surface area (Å²) in [4.78, 5) is 0. The Kier molecular flexibility index (Phi) is 3.44. The fourth-order valence-corrected chi connectivity index (χ4v) is 3.07. The molecule has 0 heterocycles. The van der Waals surface area contributed by atoms with Crippen LogP contribution in [0.2, 0.25) is 0 Å². The molecule has 0 nitrogen and oxygen atoms in total. The maximum absolute atomic E-state index is 2.41. The Balaban J connectivity index is 2.11. The van der Waals surface area contributed by atoms with E-state index in [1.165, 1.54) is 44.9 Å². The lowest BCUT2D eigenvalue weighted by Gasteiger charge is -2.18. The lowest BCUT2D eigenvalue weighted by atomic mass is 9.87. The fraction of sp³-hybridized carbons (Fsp3) is 0.714. The molecule has 2 rings (SSSR count). The molecule has 2 aliphatic carbocycles. The van der Waals surface area contributed by atoms with E-state index in [0.29, 0.717) is 0 Å². The molecule has 1 saturated carbocycles. The van der Waals surface area contributed by atoms with Crippen LogP contribution in [-0.4, -0.2) is 0 Å². The highest BCUT2D eigenvalue weighted by molar-refractivity contribution is 5.20. The summed E-state index contributed by atoms with van der Waals surface area (Å²) in [5.41, 5.74) is 1.75. The summed E-state index contributed by atoms with van der Waals surface area (Å²) in [6, 6.07) is 0. The maximum Gasteiger partial charge on any atom is -0.0172 e. The number of fused-ring (bicyclic) bond motifs is 1. The summed E-state index contributed by atoms with van der Waals surface area (Å²) in [6.45, 7) is 2.36. The van der Waals surface area contributed by atoms with Gasteiger partial charge in [-0.2, -0.15) is 0 Å². The Morgan fingerprint density at radius 3 is 3.07 bits per heavy atom. The molecule has 0 spiro atoms. The first-order valence-corrected chi connectivity index (χ1v) is 6.27. The zero-order chi connectivity index (χ0) is 9.80. The van der Waals surface area contributed by atoms with Crippen LogP contribution < -0.4 is 0 Å². The van der Waals surface area contributed by atoms with E-state index in [1.54, 1.807) is 5.57 Å². The smallest absolute Gasteiger partial charge is 0.0172 e. The van der Waals surface area contributed by atoms with Crippen LogP contribution in [0.5, 0.6) is 0 Å². The molecule has 1 fully saturated rings. The third-order valence-corrected chi connectivity index (χ3v) is 3.96. The van der Waals surface area contributed by atoms with Crippen LogP contribution in [0.15, 0.2) is 23.8 Å². The van der Waals surface area contributed by atoms with Gasteiger partial charge >= 0.3 is 0 Å². The second-order valence-corrected chi connectivity index (χ2v) is 4.77. The molecule has 78 valence electrons. The highest BCUT2D eigenvalue weighted by Gasteiger charge is 2.29. The molecule has 0 bridgehead atoms. The predicted octanol–water partition coefficient (Wildman–Crippen LogP) is 4.48. The molecule has 2 unspecified atom stereocenters. The quantitative estimate of drug-likeness (QED) is 0.572. The van der Waals surface area contributed by atoms with Crippen molar-refractivity contribution >= 4 is 0 Å². The van der Waals surface area contributed by atoms with Crippen LogP contribution in [0.25, 0.3) is 0 Å². The van der Waals surface area contributed by atoms with Gasteiger partial charge in [0, 0.05) is 0 Å². The number of rotatable bonds is 1. The zero-order valence-electron chi connectivity index (χ0n) is 9.34. The van der Waals surface area contributed by atoms with Gasteiger partial charge in [0.2, 0.25) is 0 Å². The van der Waals surface area contributed by atoms with Crippen molar-refractivity contribution < 1.29 is 0 Å². The van der Waals surface area contributed by atoms with E-state index in [9.17, 15) is 0 Å². The van der Waals surface area contributed by atoms with Crippen molar-refractivity contribution in [1.82, 2.24) is 0 Å². The Morgan fingerprint density at radius 1 is 1.29 bits per heavy atom. The minimum atomic E-state index is 0.933. The molecule has 0 aromatic heterocycles. The standard InChI is InChI=1S/C14H22/c1-2-12-10-11-13-8-6-4-3-5-7-9-14(12)13/h4,6,8,12,14H,2-3,5,7,9-11H2,1H3. The second kappa shape index (κ2) is 4.82. The van der Waals surface area contributed by atoms with E-state index >= 15 is 0 Å². The fourth-order valence-electron chi connectivity index (χ4n) is 3.07. The summed E-state index contributed by atoms with van der Waals surface area (Å²) in [5, 5.41) is 0. The lowest BCUT2D eigenvalue weighted by Crippen LogP contribution is -2.08. The molecular weight excluding hydrogens is 168 g/mol. The van der Waals surface area contributed by atoms with Crippen molar-refractivity contribution in [3.8, 4) is 0 Å². The average molecular weight is 190 g/mol. The van der Waals surface area contributed by atoms with Crippen molar-refractivity contribution in [3.05, 3.63) is 23.8 Å². The molecule has 0 heteroatoms. The van der Waals surface area contributed by atoms with E-state index in [1.807, 2.05) is 0 Å². The van der Waals surface area contributed by atoms with E-state index in [-0.39, 0.29) is 0 Å². The topological polar surface area (TPSA) is 0 Å². The Labute approximate surface area is 88.1 Å². The molecule has 0 aromatic rings. The molecule has 0 radical (unpaired) electrons. The number of hydrogen-bond acceptors (Lipinski definition) is 0. The summed E-state index contributed by atoms with van der Waals surface area (Å²) >= 11 is 0. The molecule has 14 heavy (non-hydrogen) atoms. The van der Waals surface area contributed by atoms with Crippen molar-refractivity contribution in [2.24, 2.45) is 11.8 Å². The molecule has 0 aromatic carbocycles. The molecule has 0 saturated heterocycles. The highest BCUT2D eigenvalue weighted by Crippen LogP contribution is 2.41. The Hall–Kier alpha value is -0.520. The monoisotopic (exact) mass is 190 g/mol. The zero-order valence-corrected chi connectivity index (χ0v) is 9.34. The molecule has 0 N–H and O–H groups in total. The summed E-state index contributed by atoms with van der Waals surface area (Å²) < 4.78 is 0. The van der Waals surface area contributed by atoms with Gasteiger partial charge < -0.3 is 0 Å². The van der Waals surface area contributed by atoms with Crippen molar-refractivity contribution in [2.75, 3.05) is 0 Å². The van der Waals surface area contributed by atoms with Crippen molar-refractivity contribution in [1.29, 1.82) is 0 Å². The van der Waals surface area contributed by atoms with E-state index < -0.39 is 0 Å². The second-order valence-electron chi connectivity index (χ2n) is 4.77. The van der Waals surface area contributed by atoms with Crippen LogP contribution in [0.3, 0.4) is 0 Å². The van der Waals surface area contributed by atoms with Crippen molar-refractivity contribution in [2.45, 2.75) is 51.9 Å². The number of hydrogen-bond donors (Lipinski definition) is 0. The summed E-state index contributed by atoms with van der Waals surface area (Å²) in [5.74, 6) is 1.93. The Morgan fingerprint density at radius 2 is 2.21 bits per heavy atom. The SMILES string of the molecule is CCC1CCC2=CC=CCCCCC21. The predicted molar refractivity (Wildman–Crippen MR) is 62.2 cm³/mol. The van der Waals surface area contributed by atoms with Crippen LogP contribution in [0, 0.1) is 11.8 Å². The van der Waals surface area contributed by atoms with Gasteiger partial charge in [0.25, 0.3) is 0 Å². The van der Waals surface area contributed by atoms with Gasteiger partial charge in [-0.3, -0.25) is 0 Å². The van der Waals surface area contributed by atoms with Crippen LogP contribution >= 0.6 is 0 Å². The van der Waals surface area contributed by atoms with Crippen molar-refractivity contribution in [3.63, 3.8) is 0 Å². The maximum atomic E-state index is 2.41. The third-order valence-electron chi connectivity index (χ3n) is 3.96. The first-order valence-electron chi connectivity index (χ1n) is 6.27. The molecular formula is C14H22. The van der Waals surface area contributed by atoms with Gasteiger partial charge in [-0.1, -0.05) is 43.6 Å². The van der Waals surface area contributed by atoms with Gasteiger partial charge in [0.15, 0.2) is 0 Å². The van der Waals surface area contributed by atoms with Gasteiger partial charge in [-0.15, -0.1) is 0 Å².